The highest BCUT2D eigenvalue weighted by atomic mass is 16.7. The number of benzene rings is 2. The van der Waals surface area contributed by atoms with Gasteiger partial charge in [0.1, 0.15) is 5.75 Å². The van der Waals surface area contributed by atoms with Crippen molar-refractivity contribution in [2.75, 3.05) is 26.5 Å². The van der Waals surface area contributed by atoms with Crippen molar-refractivity contribution in [3.63, 3.8) is 0 Å². The summed E-state index contributed by atoms with van der Waals surface area (Å²) >= 11 is 0. The number of hydrogen-bond acceptors (Lipinski definition) is 5. The maximum atomic E-state index is 12.4. The lowest BCUT2D eigenvalue weighted by Gasteiger charge is -2.31. The van der Waals surface area contributed by atoms with Crippen LogP contribution in [-0.2, 0) is 11.3 Å². The fourth-order valence-corrected chi connectivity index (χ4v) is 5.25. The fraction of sp³-hybridized carbons (Fsp3) is 0.519. The summed E-state index contributed by atoms with van der Waals surface area (Å²) in [6.07, 6.45) is 7.07. The minimum atomic E-state index is -0.0284. The van der Waals surface area contributed by atoms with Crippen LogP contribution in [0.4, 0.5) is 0 Å². The van der Waals surface area contributed by atoms with Gasteiger partial charge in [-0.2, -0.15) is 0 Å². The van der Waals surface area contributed by atoms with E-state index < -0.39 is 0 Å². The minimum absolute atomic E-state index is 0.0284. The van der Waals surface area contributed by atoms with Crippen molar-refractivity contribution in [2.45, 2.75) is 58.0 Å². The highest BCUT2D eigenvalue weighted by molar-refractivity contribution is 5.78. The zero-order valence-corrected chi connectivity index (χ0v) is 19.5. The highest BCUT2D eigenvalue weighted by Gasteiger charge is 2.21. The number of carbonyl (C=O) groups excluding carboxylic acids is 1. The first-order valence-electron chi connectivity index (χ1n) is 12.3. The van der Waals surface area contributed by atoms with E-state index in [9.17, 15) is 4.79 Å². The normalized spacial score (nSPS) is 20.7. The molecule has 1 saturated heterocycles. The average Bonchev–Trinajstić information content (AvgIpc) is 3.49. The standard InChI is InChI=1S/C27H34N2O4/c1-19-5-4-12-29(15-19)16-22-13-20(21-9-11-25-26(14-21)33-18-32-25)8-10-24(22)31-17-27(30)28-23-6-2-3-7-23/h8-11,13-14,19,23H,2-7,12,15-18H2,1H3,(H,28,30)/t19-/m0/s1. The molecule has 1 aliphatic carbocycles. The first-order chi connectivity index (χ1) is 16.1. The third-order valence-electron chi connectivity index (χ3n) is 6.98. The quantitative estimate of drug-likeness (QED) is 0.660. The number of nitrogens with zero attached hydrogens (tertiary/aromatic N) is 1. The molecule has 2 heterocycles. The van der Waals surface area contributed by atoms with Gasteiger partial charge in [-0.3, -0.25) is 9.69 Å². The van der Waals surface area contributed by atoms with Gasteiger partial charge >= 0.3 is 0 Å². The van der Waals surface area contributed by atoms with Gasteiger partial charge in [-0.15, -0.1) is 0 Å². The number of piperidine rings is 1. The number of hydrogen-bond donors (Lipinski definition) is 1. The zero-order valence-electron chi connectivity index (χ0n) is 19.5. The van der Waals surface area contributed by atoms with Crippen LogP contribution in [0.5, 0.6) is 17.2 Å². The Morgan fingerprint density at radius 2 is 1.82 bits per heavy atom. The molecular weight excluding hydrogens is 416 g/mol. The van der Waals surface area contributed by atoms with Gasteiger partial charge in [-0.25, -0.2) is 0 Å². The second-order valence-corrected chi connectivity index (χ2v) is 9.71. The molecule has 0 aromatic heterocycles. The maximum absolute atomic E-state index is 12.4. The van der Waals surface area contributed by atoms with Crippen LogP contribution >= 0.6 is 0 Å². The van der Waals surface area contributed by atoms with Gasteiger partial charge in [-0.05, 0) is 73.5 Å². The van der Waals surface area contributed by atoms with Crippen LogP contribution in [0.3, 0.4) is 0 Å². The molecule has 6 heteroatoms. The number of fused-ring (bicyclic) bond motifs is 1. The summed E-state index contributed by atoms with van der Waals surface area (Å²) in [5.74, 6) is 3.04. The second kappa shape index (κ2) is 10.0. The summed E-state index contributed by atoms with van der Waals surface area (Å²) in [5.41, 5.74) is 3.31. The molecule has 0 unspecified atom stereocenters. The Labute approximate surface area is 196 Å². The highest BCUT2D eigenvalue weighted by Crippen LogP contribution is 2.37. The summed E-state index contributed by atoms with van der Waals surface area (Å²) in [6.45, 7) is 5.66. The van der Waals surface area contributed by atoms with Gasteiger partial charge in [0.05, 0.1) is 0 Å². The molecule has 2 aromatic rings. The van der Waals surface area contributed by atoms with E-state index in [1.54, 1.807) is 0 Å². The second-order valence-electron chi connectivity index (χ2n) is 9.71. The van der Waals surface area contributed by atoms with Gasteiger partial charge in [0.2, 0.25) is 6.79 Å². The molecule has 33 heavy (non-hydrogen) atoms. The molecule has 6 nitrogen and oxygen atoms in total. The van der Waals surface area contributed by atoms with Crippen molar-refractivity contribution in [3.05, 3.63) is 42.0 Å². The topological polar surface area (TPSA) is 60.0 Å². The third-order valence-corrected chi connectivity index (χ3v) is 6.98. The average molecular weight is 451 g/mol. The van der Waals surface area contributed by atoms with Gasteiger partial charge in [0, 0.05) is 24.7 Å². The minimum Gasteiger partial charge on any atom is -0.483 e. The molecule has 2 fully saturated rings. The smallest absolute Gasteiger partial charge is 0.258 e. The number of rotatable bonds is 7. The van der Waals surface area contributed by atoms with Crippen LogP contribution in [0, 0.1) is 5.92 Å². The van der Waals surface area contributed by atoms with Crippen molar-refractivity contribution in [1.29, 1.82) is 0 Å². The number of likely N-dealkylation sites (tertiary alicyclic amines) is 1. The molecule has 176 valence electrons. The van der Waals surface area contributed by atoms with Crippen LogP contribution in [0.2, 0.25) is 0 Å². The lowest BCUT2D eigenvalue weighted by atomic mass is 9.98. The van der Waals surface area contributed by atoms with Crippen LogP contribution < -0.4 is 19.5 Å². The molecule has 1 N–H and O–H groups in total. The number of amides is 1. The largest absolute Gasteiger partial charge is 0.483 e. The predicted molar refractivity (Wildman–Crippen MR) is 128 cm³/mol. The van der Waals surface area contributed by atoms with Gasteiger partial charge in [0.15, 0.2) is 18.1 Å². The van der Waals surface area contributed by atoms with E-state index in [0.29, 0.717) is 12.0 Å². The lowest BCUT2D eigenvalue weighted by Crippen LogP contribution is -2.36. The summed E-state index contributed by atoms with van der Waals surface area (Å²) in [4.78, 5) is 14.9. The zero-order chi connectivity index (χ0) is 22.6. The molecule has 1 atom stereocenters. The van der Waals surface area contributed by atoms with E-state index >= 15 is 0 Å². The van der Waals surface area contributed by atoms with Crippen LogP contribution in [-0.4, -0.2) is 43.3 Å². The van der Waals surface area contributed by atoms with Gasteiger partial charge in [-0.1, -0.05) is 31.9 Å². The Morgan fingerprint density at radius 1 is 1.03 bits per heavy atom. The first kappa shape index (κ1) is 22.1. The Morgan fingerprint density at radius 3 is 2.67 bits per heavy atom. The Kier molecular flexibility index (Phi) is 6.72. The SMILES string of the molecule is C[C@H]1CCCN(Cc2cc(-c3ccc4c(c3)OCO4)ccc2OCC(=O)NC2CCCC2)C1. The molecular formula is C27H34N2O4. The Bertz CT molecular complexity index is 986. The molecule has 1 saturated carbocycles. The van der Waals surface area contributed by atoms with Gasteiger partial charge < -0.3 is 19.5 Å². The van der Waals surface area contributed by atoms with Crippen molar-refractivity contribution in [1.82, 2.24) is 10.2 Å². The van der Waals surface area contributed by atoms with Crippen LogP contribution in [0.1, 0.15) is 51.0 Å². The molecule has 1 amide bonds. The van der Waals surface area contributed by atoms with Crippen molar-refractivity contribution in [2.24, 2.45) is 5.92 Å². The van der Waals surface area contributed by atoms with Crippen LogP contribution in [0.25, 0.3) is 11.1 Å². The molecule has 2 aromatic carbocycles. The molecule has 5 rings (SSSR count). The van der Waals surface area contributed by atoms with E-state index in [-0.39, 0.29) is 19.3 Å². The molecule has 0 bridgehead atoms. The van der Waals surface area contributed by atoms with Crippen molar-refractivity contribution >= 4 is 5.91 Å². The van der Waals surface area contributed by atoms with Crippen molar-refractivity contribution < 1.29 is 19.0 Å². The number of ether oxygens (including phenoxy) is 3. The molecule has 2 aliphatic heterocycles. The van der Waals surface area contributed by atoms with E-state index in [1.807, 2.05) is 18.2 Å². The van der Waals surface area contributed by atoms with E-state index in [4.69, 9.17) is 14.2 Å². The fourth-order valence-electron chi connectivity index (χ4n) is 5.25. The van der Waals surface area contributed by atoms with Crippen LogP contribution in [0.15, 0.2) is 36.4 Å². The molecule has 0 spiro atoms. The summed E-state index contributed by atoms with van der Waals surface area (Å²) in [5, 5.41) is 3.12. The Balaban J connectivity index is 1.34. The summed E-state index contributed by atoms with van der Waals surface area (Å²) in [7, 11) is 0. The monoisotopic (exact) mass is 450 g/mol. The molecule has 3 aliphatic rings. The lowest BCUT2D eigenvalue weighted by molar-refractivity contribution is -0.123. The Hall–Kier alpha value is -2.73. The number of carbonyl (C=O) groups is 1. The van der Waals surface area contributed by atoms with Crippen molar-refractivity contribution in [3.8, 4) is 28.4 Å². The summed E-state index contributed by atoms with van der Waals surface area (Å²) in [6, 6.07) is 12.6. The maximum Gasteiger partial charge on any atom is 0.258 e. The molecule has 0 radical (unpaired) electrons. The summed E-state index contributed by atoms with van der Waals surface area (Å²) < 4.78 is 17.1. The van der Waals surface area contributed by atoms with E-state index in [2.05, 4.69) is 35.3 Å². The predicted octanol–water partition coefficient (Wildman–Crippen LogP) is 4.75. The van der Waals surface area contributed by atoms with Gasteiger partial charge in [0.25, 0.3) is 5.91 Å². The first-order valence-corrected chi connectivity index (χ1v) is 12.3. The third kappa shape index (κ3) is 5.44. The number of nitrogens with one attached hydrogen (secondary N) is 1. The van der Waals surface area contributed by atoms with E-state index in [0.717, 1.165) is 66.4 Å². The van der Waals surface area contributed by atoms with E-state index in [1.165, 1.54) is 25.7 Å².